The van der Waals surface area contributed by atoms with Crippen molar-refractivity contribution < 1.29 is 9.00 Å². The summed E-state index contributed by atoms with van der Waals surface area (Å²) < 4.78 is 9.56. The maximum atomic E-state index is 11.1. The molecule has 0 bridgehead atoms. The van der Waals surface area contributed by atoms with Crippen molar-refractivity contribution in [2.45, 2.75) is 20.8 Å². The molecule has 0 saturated heterocycles. The van der Waals surface area contributed by atoms with E-state index in [1.165, 1.54) is 5.57 Å². The summed E-state index contributed by atoms with van der Waals surface area (Å²) in [6.45, 7) is 5.59. The Labute approximate surface area is 129 Å². The van der Waals surface area contributed by atoms with Gasteiger partial charge in [-0.25, -0.2) is 0 Å². The largest absolute Gasteiger partial charge is 0.294 e. The van der Waals surface area contributed by atoms with E-state index in [0.29, 0.717) is 0 Å². The third kappa shape index (κ3) is 9.48. The van der Waals surface area contributed by atoms with Crippen molar-refractivity contribution in [2.75, 3.05) is 12.5 Å². The van der Waals surface area contributed by atoms with Gasteiger partial charge in [0.15, 0.2) is 5.78 Å². The van der Waals surface area contributed by atoms with Crippen LogP contribution < -0.4 is 0 Å². The molecule has 0 aliphatic heterocycles. The molecule has 0 unspecified atom stereocenters. The van der Waals surface area contributed by atoms with E-state index in [1.807, 2.05) is 32.1 Å². The molecular weight excluding hydrogens is 288 g/mol. The second-order valence-corrected chi connectivity index (χ2v) is 6.27. The predicted molar refractivity (Wildman–Crippen MR) is 92.7 cm³/mol. The highest BCUT2D eigenvalue weighted by Crippen LogP contribution is 2.25. The van der Waals surface area contributed by atoms with Crippen molar-refractivity contribution in [3.63, 3.8) is 0 Å². The molecule has 4 heteroatoms. The second-order valence-electron chi connectivity index (χ2n) is 3.71. The standard InChI is InChI=1S/C12H14OS.C2H6OS.C2H2/c1-4-6-10(5-2)12-8-7-11(14-12)9(3)13;1-4(2)3;1-2/h4-8H,1-3H3;1-2H3;1-2H/b6-4-,10-5+;;. The average Bonchev–Trinajstić information content (AvgIpc) is 2.87. The Balaban J connectivity index is 0. The van der Waals surface area contributed by atoms with E-state index in [1.54, 1.807) is 30.8 Å². The number of allylic oxidation sites excluding steroid dienone is 4. The minimum atomic E-state index is -0.611. The number of carbonyl (C=O) groups excluding carboxylic acids is 1. The zero-order chi connectivity index (χ0) is 16.1. The van der Waals surface area contributed by atoms with Gasteiger partial charge in [0.25, 0.3) is 0 Å². The van der Waals surface area contributed by atoms with Crippen LogP contribution in [0.4, 0.5) is 0 Å². The maximum Gasteiger partial charge on any atom is 0.169 e. The van der Waals surface area contributed by atoms with E-state index in [4.69, 9.17) is 0 Å². The minimum Gasteiger partial charge on any atom is -0.294 e. The smallest absolute Gasteiger partial charge is 0.169 e. The fraction of sp³-hybridized carbons (Fsp3) is 0.312. The normalized spacial score (nSPS) is 10.5. The molecule has 0 atom stereocenters. The van der Waals surface area contributed by atoms with Crippen LogP contribution in [0, 0.1) is 12.8 Å². The summed E-state index contributed by atoms with van der Waals surface area (Å²) in [5, 5.41) is 0. The van der Waals surface area contributed by atoms with Crippen LogP contribution in [-0.2, 0) is 10.8 Å². The van der Waals surface area contributed by atoms with Crippen LogP contribution in [0.3, 0.4) is 0 Å². The number of hydrogen-bond acceptors (Lipinski definition) is 3. The monoisotopic (exact) mass is 310 g/mol. The van der Waals surface area contributed by atoms with Crippen molar-refractivity contribution >= 4 is 33.5 Å². The van der Waals surface area contributed by atoms with Gasteiger partial charge >= 0.3 is 0 Å². The van der Waals surface area contributed by atoms with Crippen LogP contribution in [-0.4, -0.2) is 22.5 Å². The summed E-state index contributed by atoms with van der Waals surface area (Å²) in [5.74, 6) is 0.136. The molecule has 1 heterocycles. The molecule has 110 valence electrons. The lowest BCUT2D eigenvalue weighted by Crippen LogP contribution is -1.83. The number of thiophene rings is 1. The molecule has 0 N–H and O–H groups in total. The summed E-state index contributed by atoms with van der Waals surface area (Å²) in [5.41, 5.74) is 1.17. The molecule has 1 rings (SSSR count). The second kappa shape index (κ2) is 12.6. The Morgan fingerprint density at radius 1 is 1.20 bits per heavy atom. The summed E-state index contributed by atoms with van der Waals surface area (Å²) in [7, 11) is -0.611. The molecule has 0 spiro atoms. The van der Waals surface area contributed by atoms with Gasteiger partial charge in [-0.05, 0) is 38.5 Å². The summed E-state index contributed by atoms with van der Waals surface area (Å²) >= 11 is 1.54. The van der Waals surface area contributed by atoms with Gasteiger partial charge in [-0.2, -0.15) is 0 Å². The number of hydrogen-bond donors (Lipinski definition) is 0. The molecule has 0 fully saturated rings. The Morgan fingerprint density at radius 2 is 1.65 bits per heavy atom. The van der Waals surface area contributed by atoms with Gasteiger partial charge in [0.2, 0.25) is 0 Å². The van der Waals surface area contributed by atoms with Gasteiger partial charge in [0.1, 0.15) is 0 Å². The Bertz CT molecular complexity index is 502. The third-order valence-corrected chi connectivity index (χ3v) is 3.13. The Kier molecular flexibility index (Phi) is 13.1. The molecule has 0 aromatic carbocycles. The first-order chi connectivity index (χ1) is 9.42. The SMILES string of the molecule is C#C.C/C=C\C(=C/C)c1ccc(C(C)=O)s1.CS(C)=O. The fourth-order valence-electron chi connectivity index (χ4n) is 1.18. The zero-order valence-corrected chi connectivity index (χ0v) is 14.3. The number of Topliss-reactive ketones (excluding diaryl/α,β-unsaturated/α-hetero) is 1. The van der Waals surface area contributed by atoms with Crippen molar-refractivity contribution in [1.29, 1.82) is 0 Å². The molecule has 0 aliphatic rings. The van der Waals surface area contributed by atoms with E-state index >= 15 is 0 Å². The lowest BCUT2D eigenvalue weighted by molar-refractivity contribution is 0.102. The van der Waals surface area contributed by atoms with Gasteiger partial charge in [0.05, 0.1) is 4.88 Å². The average molecular weight is 310 g/mol. The highest BCUT2D eigenvalue weighted by Gasteiger charge is 2.05. The van der Waals surface area contributed by atoms with E-state index in [2.05, 4.69) is 25.0 Å². The van der Waals surface area contributed by atoms with Crippen molar-refractivity contribution in [2.24, 2.45) is 0 Å². The van der Waals surface area contributed by atoms with Crippen molar-refractivity contribution in [1.82, 2.24) is 0 Å². The predicted octanol–water partition coefficient (Wildman–Crippen LogP) is 4.17. The first-order valence-corrected chi connectivity index (χ1v) is 8.69. The molecule has 2 nitrogen and oxygen atoms in total. The van der Waals surface area contributed by atoms with E-state index in [-0.39, 0.29) is 5.78 Å². The van der Waals surface area contributed by atoms with Crippen molar-refractivity contribution in [3.8, 4) is 12.8 Å². The van der Waals surface area contributed by atoms with Gasteiger partial charge in [-0.15, -0.1) is 24.2 Å². The third-order valence-electron chi connectivity index (χ3n) is 1.89. The molecule has 1 aromatic rings. The molecule has 0 aliphatic carbocycles. The number of terminal acetylenes is 1. The molecule has 20 heavy (non-hydrogen) atoms. The van der Waals surface area contributed by atoms with E-state index in [0.717, 1.165) is 9.75 Å². The summed E-state index contributed by atoms with van der Waals surface area (Å²) in [6, 6.07) is 3.88. The van der Waals surface area contributed by atoms with E-state index < -0.39 is 10.8 Å². The highest BCUT2D eigenvalue weighted by molar-refractivity contribution is 7.83. The Morgan fingerprint density at radius 3 is 1.95 bits per heavy atom. The lowest BCUT2D eigenvalue weighted by atomic mass is 10.2. The van der Waals surface area contributed by atoms with Gasteiger partial charge in [-0.3, -0.25) is 9.00 Å². The lowest BCUT2D eigenvalue weighted by Gasteiger charge is -1.95. The quantitative estimate of drug-likeness (QED) is 0.477. The van der Waals surface area contributed by atoms with Crippen LogP contribution in [0.15, 0.2) is 30.4 Å². The number of ketones is 1. The Hall–Kier alpha value is -1.44. The summed E-state index contributed by atoms with van der Waals surface area (Å²) in [6.07, 6.45) is 17.4. The van der Waals surface area contributed by atoms with E-state index in [9.17, 15) is 9.00 Å². The van der Waals surface area contributed by atoms with Crippen LogP contribution in [0.25, 0.3) is 5.57 Å². The highest BCUT2D eigenvalue weighted by atomic mass is 32.2. The summed E-state index contributed by atoms with van der Waals surface area (Å²) in [4.78, 5) is 13.1. The number of carbonyl (C=O) groups is 1. The van der Waals surface area contributed by atoms with Crippen molar-refractivity contribution in [3.05, 3.63) is 40.1 Å². The number of rotatable bonds is 3. The van der Waals surface area contributed by atoms with Gasteiger partial charge < -0.3 is 0 Å². The molecule has 0 saturated carbocycles. The van der Waals surface area contributed by atoms with Crippen LogP contribution in [0.5, 0.6) is 0 Å². The first kappa shape index (κ1) is 20.9. The minimum absolute atomic E-state index is 0.136. The van der Waals surface area contributed by atoms with Gasteiger partial charge in [0, 0.05) is 28.2 Å². The first-order valence-electron chi connectivity index (χ1n) is 5.90. The fourth-order valence-corrected chi connectivity index (χ4v) is 2.14. The van der Waals surface area contributed by atoms with Crippen LogP contribution in [0.1, 0.15) is 35.3 Å². The zero-order valence-electron chi connectivity index (χ0n) is 12.7. The molecule has 0 radical (unpaired) electrons. The molecular formula is C16H22O2S2. The van der Waals surface area contributed by atoms with Gasteiger partial charge in [-0.1, -0.05) is 18.2 Å². The topological polar surface area (TPSA) is 34.1 Å². The molecule has 0 amide bonds. The maximum absolute atomic E-state index is 11.1. The molecule has 1 aromatic heterocycles. The van der Waals surface area contributed by atoms with Crippen LogP contribution >= 0.6 is 11.3 Å². The van der Waals surface area contributed by atoms with Crippen LogP contribution in [0.2, 0.25) is 0 Å².